The van der Waals surface area contributed by atoms with E-state index < -0.39 is 0 Å². The normalized spacial score (nSPS) is 11.5. The van der Waals surface area contributed by atoms with Crippen LogP contribution in [0.1, 0.15) is 42.4 Å². The van der Waals surface area contributed by atoms with Gasteiger partial charge in [-0.05, 0) is 31.4 Å². The van der Waals surface area contributed by atoms with Gasteiger partial charge in [0.25, 0.3) is 5.95 Å². The number of rotatable bonds is 6. The third-order valence-electron chi connectivity index (χ3n) is 4.57. The third-order valence-corrected chi connectivity index (χ3v) is 6.49. The summed E-state index contributed by atoms with van der Waals surface area (Å²) in [6.07, 6.45) is 0. The lowest BCUT2D eigenvalue weighted by Gasteiger charge is -2.05. The van der Waals surface area contributed by atoms with Crippen LogP contribution in [0.25, 0.3) is 16.5 Å². The highest BCUT2D eigenvalue weighted by molar-refractivity contribution is 7.98. The Kier molecular flexibility index (Phi) is 5.42. The number of thiazole rings is 1. The molecule has 0 radical (unpaired) electrons. The van der Waals surface area contributed by atoms with Gasteiger partial charge in [0, 0.05) is 22.4 Å². The highest BCUT2D eigenvalue weighted by atomic mass is 32.2. The summed E-state index contributed by atoms with van der Waals surface area (Å²) >= 11 is 3.16. The molecule has 0 bridgehead atoms. The fourth-order valence-corrected chi connectivity index (χ4v) is 4.67. The summed E-state index contributed by atoms with van der Waals surface area (Å²) in [7, 11) is 0. The molecule has 0 aliphatic heterocycles. The van der Waals surface area contributed by atoms with Gasteiger partial charge in [-0.1, -0.05) is 49.9 Å². The molecule has 0 aliphatic carbocycles. The number of aromatic nitrogens is 6. The predicted molar refractivity (Wildman–Crippen MR) is 118 cm³/mol. The SMILES string of the molecule is Cc1cc(C)n(-c2nnc(SCc3csc(-c4ccc(C(C)C)cc4)n3)n2N)n1. The molecule has 2 N–H and O–H groups in total. The molecule has 0 unspecified atom stereocenters. The number of aryl methyl sites for hydroxylation is 2. The van der Waals surface area contributed by atoms with Crippen molar-refractivity contribution in [2.45, 2.75) is 44.5 Å². The van der Waals surface area contributed by atoms with E-state index in [1.54, 1.807) is 16.0 Å². The summed E-state index contributed by atoms with van der Waals surface area (Å²) in [5.41, 5.74) is 5.35. The smallest absolute Gasteiger partial charge is 0.271 e. The Hall–Kier alpha value is -2.65. The molecule has 3 heterocycles. The van der Waals surface area contributed by atoms with Gasteiger partial charge in [0.2, 0.25) is 5.16 Å². The molecule has 4 rings (SSSR count). The van der Waals surface area contributed by atoms with Crippen LogP contribution in [0.5, 0.6) is 0 Å². The van der Waals surface area contributed by atoms with Crippen LogP contribution in [0, 0.1) is 13.8 Å². The summed E-state index contributed by atoms with van der Waals surface area (Å²) in [5.74, 6) is 7.91. The number of nitrogen functional groups attached to an aromatic ring is 1. The van der Waals surface area contributed by atoms with Gasteiger partial charge in [0.1, 0.15) is 5.01 Å². The summed E-state index contributed by atoms with van der Waals surface area (Å²) in [4.78, 5) is 4.76. The van der Waals surface area contributed by atoms with Crippen LogP contribution in [0.4, 0.5) is 0 Å². The molecule has 7 nitrogen and oxygen atoms in total. The van der Waals surface area contributed by atoms with Gasteiger partial charge >= 0.3 is 0 Å². The summed E-state index contributed by atoms with van der Waals surface area (Å²) < 4.78 is 3.18. The lowest BCUT2D eigenvalue weighted by molar-refractivity contribution is 0.727. The zero-order valence-corrected chi connectivity index (χ0v) is 18.5. The lowest BCUT2D eigenvalue weighted by atomic mass is 10.0. The molecular weight excluding hydrogens is 402 g/mol. The third kappa shape index (κ3) is 4.06. The molecule has 1 aromatic carbocycles. The average molecular weight is 426 g/mol. The number of benzene rings is 1. The number of hydrogen-bond acceptors (Lipinski definition) is 7. The molecule has 0 saturated carbocycles. The first-order valence-electron chi connectivity index (χ1n) is 9.34. The summed E-state index contributed by atoms with van der Waals surface area (Å²) in [5, 5.41) is 16.6. The molecular formula is C20H23N7S2. The molecule has 0 aliphatic rings. The minimum atomic E-state index is 0.502. The minimum Gasteiger partial charge on any atom is -0.334 e. The van der Waals surface area contributed by atoms with Crippen molar-refractivity contribution in [3.8, 4) is 16.5 Å². The summed E-state index contributed by atoms with van der Waals surface area (Å²) in [6.45, 7) is 8.30. The first-order valence-corrected chi connectivity index (χ1v) is 11.2. The second-order valence-electron chi connectivity index (χ2n) is 7.20. The first kappa shape index (κ1) is 19.7. The topological polar surface area (TPSA) is 87.4 Å². The molecule has 0 amide bonds. The van der Waals surface area contributed by atoms with Crippen LogP contribution in [0.15, 0.2) is 40.9 Å². The highest BCUT2D eigenvalue weighted by Gasteiger charge is 2.15. The molecule has 0 spiro atoms. The van der Waals surface area contributed by atoms with E-state index in [1.807, 2.05) is 19.9 Å². The second-order valence-corrected chi connectivity index (χ2v) is 9.00. The first-order chi connectivity index (χ1) is 13.9. The van der Waals surface area contributed by atoms with Gasteiger partial charge in [0.15, 0.2) is 0 Å². The van der Waals surface area contributed by atoms with Crippen molar-refractivity contribution < 1.29 is 0 Å². The van der Waals surface area contributed by atoms with E-state index in [0.717, 1.165) is 27.7 Å². The van der Waals surface area contributed by atoms with Gasteiger partial charge in [-0.2, -0.15) is 5.10 Å². The van der Waals surface area contributed by atoms with E-state index in [4.69, 9.17) is 10.8 Å². The van der Waals surface area contributed by atoms with Crippen molar-refractivity contribution >= 4 is 23.1 Å². The molecule has 150 valence electrons. The van der Waals surface area contributed by atoms with Crippen molar-refractivity contribution in [2.24, 2.45) is 0 Å². The van der Waals surface area contributed by atoms with E-state index in [0.29, 0.717) is 22.8 Å². The molecule has 0 saturated heterocycles. The van der Waals surface area contributed by atoms with Gasteiger partial charge in [-0.25, -0.2) is 14.3 Å². The van der Waals surface area contributed by atoms with E-state index in [-0.39, 0.29) is 0 Å². The zero-order valence-electron chi connectivity index (χ0n) is 16.8. The highest BCUT2D eigenvalue weighted by Crippen LogP contribution is 2.28. The van der Waals surface area contributed by atoms with Gasteiger partial charge in [-0.15, -0.1) is 21.5 Å². The van der Waals surface area contributed by atoms with Crippen molar-refractivity contribution in [3.63, 3.8) is 0 Å². The maximum absolute atomic E-state index is 6.20. The van der Waals surface area contributed by atoms with Crippen LogP contribution in [0.2, 0.25) is 0 Å². The largest absolute Gasteiger partial charge is 0.334 e. The van der Waals surface area contributed by atoms with Crippen LogP contribution >= 0.6 is 23.1 Å². The maximum Gasteiger partial charge on any atom is 0.271 e. The van der Waals surface area contributed by atoms with E-state index in [9.17, 15) is 0 Å². The standard InChI is InChI=1S/C20H23N7S2/c1-12(2)15-5-7-16(8-6-15)18-22-17(10-28-18)11-29-20-24-23-19(26(20)21)27-14(4)9-13(3)25-27/h5-10,12H,11,21H2,1-4H3. The van der Waals surface area contributed by atoms with Crippen LogP contribution in [0.3, 0.4) is 0 Å². The lowest BCUT2D eigenvalue weighted by Crippen LogP contribution is -2.17. The van der Waals surface area contributed by atoms with Crippen LogP contribution < -0.4 is 5.84 Å². The molecule has 3 aromatic heterocycles. The Morgan fingerprint density at radius 2 is 1.90 bits per heavy atom. The second kappa shape index (κ2) is 8.00. The molecule has 4 aromatic rings. The Morgan fingerprint density at radius 1 is 1.14 bits per heavy atom. The van der Waals surface area contributed by atoms with Crippen molar-refractivity contribution in [1.82, 2.24) is 29.6 Å². The van der Waals surface area contributed by atoms with E-state index >= 15 is 0 Å². The van der Waals surface area contributed by atoms with E-state index in [2.05, 4.69) is 58.8 Å². The zero-order chi connectivity index (χ0) is 20.5. The number of nitrogens with zero attached hydrogens (tertiary/aromatic N) is 6. The monoisotopic (exact) mass is 425 g/mol. The minimum absolute atomic E-state index is 0.502. The number of nitrogens with two attached hydrogens (primary N) is 1. The molecule has 0 atom stereocenters. The molecule has 0 fully saturated rings. The summed E-state index contributed by atoms with van der Waals surface area (Å²) in [6, 6.07) is 10.6. The number of hydrogen-bond donors (Lipinski definition) is 1. The Balaban J connectivity index is 1.46. The maximum atomic E-state index is 6.20. The Morgan fingerprint density at radius 3 is 2.55 bits per heavy atom. The predicted octanol–water partition coefficient (Wildman–Crippen LogP) is 4.33. The fraction of sp³-hybridized carbons (Fsp3) is 0.300. The molecule has 29 heavy (non-hydrogen) atoms. The Bertz CT molecular complexity index is 1120. The van der Waals surface area contributed by atoms with Crippen molar-refractivity contribution in [2.75, 3.05) is 5.84 Å². The number of thioether (sulfide) groups is 1. The van der Waals surface area contributed by atoms with Crippen LogP contribution in [-0.2, 0) is 5.75 Å². The average Bonchev–Trinajstić information content (AvgIpc) is 3.39. The van der Waals surface area contributed by atoms with Crippen LogP contribution in [-0.4, -0.2) is 29.6 Å². The molecule has 9 heteroatoms. The van der Waals surface area contributed by atoms with E-state index in [1.165, 1.54) is 22.0 Å². The quantitative estimate of drug-likeness (QED) is 0.365. The van der Waals surface area contributed by atoms with Gasteiger partial charge in [0.05, 0.1) is 11.4 Å². The fourth-order valence-electron chi connectivity index (χ4n) is 3.00. The van der Waals surface area contributed by atoms with Crippen molar-refractivity contribution in [3.05, 3.63) is 58.4 Å². The van der Waals surface area contributed by atoms with Gasteiger partial charge in [-0.3, -0.25) is 0 Å². The van der Waals surface area contributed by atoms with Crippen molar-refractivity contribution in [1.29, 1.82) is 0 Å². The van der Waals surface area contributed by atoms with Gasteiger partial charge < -0.3 is 5.84 Å². The Labute approximate surface area is 178 Å².